The van der Waals surface area contributed by atoms with Crippen molar-refractivity contribution < 1.29 is 4.42 Å². The molecular weight excluding hydrogens is 697 g/mol. The predicted molar refractivity (Wildman–Crippen MR) is 230 cm³/mol. The maximum atomic E-state index is 6.35. The molecule has 0 fully saturated rings. The van der Waals surface area contributed by atoms with Gasteiger partial charge in [0.05, 0.1) is 16.8 Å². The molecule has 3 heterocycles. The van der Waals surface area contributed by atoms with E-state index < -0.39 is 5.41 Å². The largest absolute Gasteiger partial charge is 0.456 e. The van der Waals surface area contributed by atoms with E-state index in [1.807, 2.05) is 72.8 Å². The Morgan fingerprint density at radius 1 is 0.368 bits per heavy atom. The summed E-state index contributed by atoms with van der Waals surface area (Å²) >= 11 is 0. The molecule has 0 N–H and O–H groups in total. The van der Waals surface area contributed by atoms with Crippen molar-refractivity contribution >= 4 is 39.3 Å². The predicted octanol–water partition coefficient (Wildman–Crippen LogP) is 12.9. The molecule has 10 aromatic rings. The molecule has 2 aromatic heterocycles. The van der Waals surface area contributed by atoms with Crippen LogP contribution in [0.25, 0.3) is 55.8 Å². The monoisotopic (exact) mass is 730 g/mol. The van der Waals surface area contributed by atoms with Crippen molar-refractivity contribution in [3.8, 4) is 33.9 Å². The lowest BCUT2D eigenvalue weighted by molar-refractivity contribution is 0.669. The topological polar surface area (TPSA) is 55.1 Å². The van der Waals surface area contributed by atoms with Crippen molar-refractivity contribution in [2.75, 3.05) is 4.90 Å². The van der Waals surface area contributed by atoms with E-state index in [-0.39, 0.29) is 0 Å². The lowest BCUT2D eigenvalue weighted by Crippen LogP contribution is -2.38. The molecule has 57 heavy (non-hydrogen) atoms. The fourth-order valence-electron chi connectivity index (χ4n) is 8.67. The zero-order valence-corrected chi connectivity index (χ0v) is 30.8. The third-order valence-electron chi connectivity index (χ3n) is 11.2. The van der Waals surface area contributed by atoms with Crippen molar-refractivity contribution in [3.63, 3.8) is 0 Å². The van der Waals surface area contributed by atoms with Crippen molar-refractivity contribution in [2.45, 2.75) is 5.41 Å². The Hall–Kier alpha value is -7.63. The number of furan rings is 1. The van der Waals surface area contributed by atoms with Crippen LogP contribution in [0.15, 0.2) is 211 Å². The molecule has 0 atom stereocenters. The number of aromatic nitrogens is 3. The highest BCUT2D eigenvalue weighted by atomic mass is 16.3. The van der Waals surface area contributed by atoms with Crippen LogP contribution in [0.5, 0.6) is 0 Å². The first-order valence-electron chi connectivity index (χ1n) is 19.2. The van der Waals surface area contributed by atoms with E-state index in [4.69, 9.17) is 19.4 Å². The molecule has 0 radical (unpaired) electrons. The first-order valence-corrected chi connectivity index (χ1v) is 19.2. The van der Waals surface area contributed by atoms with Crippen LogP contribution in [0, 0.1) is 0 Å². The van der Waals surface area contributed by atoms with Gasteiger partial charge in [0.25, 0.3) is 0 Å². The Morgan fingerprint density at radius 3 is 1.54 bits per heavy atom. The number of para-hydroxylation sites is 3. The van der Waals surface area contributed by atoms with E-state index in [0.717, 1.165) is 72.3 Å². The van der Waals surface area contributed by atoms with Crippen LogP contribution >= 0.6 is 0 Å². The maximum absolute atomic E-state index is 6.35. The number of hydrogen-bond donors (Lipinski definition) is 0. The normalized spacial score (nSPS) is 13.0. The number of hydrogen-bond acceptors (Lipinski definition) is 5. The van der Waals surface area contributed by atoms with Gasteiger partial charge in [0, 0.05) is 21.9 Å². The Morgan fingerprint density at radius 2 is 0.877 bits per heavy atom. The van der Waals surface area contributed by atoms with Gasteiger partial charge < -0.3 is 4.42 Å². The number of rotatable bonds is 6. The molecule has 0 bridgehead atoms. The van der Waals surface area contributed by atoms with Gasteiger partial charge in [0.1, 0.15) is 11.2 Å². The molecule has 0 saturated heterocycles. The fourth-order valence-corrected chi connectivity index (χ4v) is 8.67. The molecule has 268 valence electrons. The number of fused-ring (bicyclic) bond motifs is 5. The van der Waals surface area contributed by atoms with Gasteiger partial charge in [-0.1, -0.05) is 170 Å². The standard InChI is InChI=1S/C52H34N4O/c1-4-17-35(18-5-1)49-53-50(36-19-6-2-7-20-36)55-51(54-49)56-45-28-13-11-26-43(45)52(39-22-8-3-9-23-39,44-27-12-14-29-46(44)56)40-24-16-21-37(33-40)38-31-32-42-41-25-10-15-30-47(41)57-48(42)34-38/h1-34H. The summed E-state index contributed by atoms with van der Waals surface area (Å²) in [5, 5.41) is 2.24. The number of nitrogens with zero attached hydrogens (tertiary/aromatic N) is 4. The van der Waals surface area contributed by atoms with E-state index in [2.05, 4.69) is 138 Å². The Kier molecular flexibility index (Phi) is 7.64. The van der Waals surface area contributed by atoms with Crippen LogP contribution < -0.4 is 4.90 Å². The van der Waals surface area contributed by atoms with Crippen LogP contribution in [-0.4, -0.2) is 15.0 Å². The summed E-state index contributed by atoms with van der Waals surface area (Å²) in [5.41, 5.74) is 11.7. The van der Waals surface area contributed by atoms with Gasteiger partial charge in [0.15, 0.2) is 11.6 Å². The summed E-state index contributed by atoms with van der Waals surface area (Å²) in [6.45, 7) is 0. The minimum absolute atomic E-state index is 0.553. The minimum atomic E-state index is -0.692. The highest BCUT2D eigenvalue weighted by Crippen LogP contribution is 2.57. The molecule has 0 amide bonds. The molecule has 0 unspecified atom stereocenters. The van der Waals surface area contributed by atoms with Gasteiger partial charge in [0.2, 0.25) is 5.95 Å². The lowest BCUT2D eigenvalue weighted by Gasteiger charge is -2.45. The number of benzene rings is 8. The molecule has 0 aliphatic carbocycles. The van der Waals surface area contributed by atoms with Gasteiger partial charge in [-0.25, -0.2) is 4.98 Å². The molecule has 5 heteroatoms. The molecule has 1 aliphatic heterocycles. The van der Waals surface area contributed by atoms with E-state index >= 15 is 0 Å². The van der Waals surface area contributed by atoms with Crippen LogP contribution in [-0.2, 0) is 5.41 Å². The van der Waals surface area contributed by atoms with Crippen molar-refractivity contribution in [1.82, 2.24) is 15.0 Å². The van der Waals surface area contributed by atoms with Gasteiger partial charge in [-0.05, 0) is 69.8 Å². The Balaban J connectivity index is 1.15. The van der Waals surface area contributed by atoms with E-state index in [0.29, 0.717) is 17.6 Å². The molecular formula is C52H34N4O. The maximum Gasteiger partial charge on any atom is 0.238 e. The van der Waals surface area contributed by atoms with Gasteiger partial charge in [-0.2, -0.15) is 9.97 Å². The summed E-state index contributed by atoms with van der Waals surface area (Å²) in [6.07, 6.45) is 0. The zero-order chi connectivity index (χ0) is 37.8. The summed E-state index contributed by atoms with van der Waals surface area (Å²) in [4.78, 5) is 17.7. The summed E-state index contributed by atoms with van der Waals surface area (Å²) in [7, 11) is 0. The fraction of sp³-hybridized carbons (Fsp3) is 0.0192. The Labute approximate surface area is 330 Å². The van der Waals surface area contributed by atoms with E-state index in [1.54, 1.807) is 0 Å². The zero-order valence-electron chi connectivity index (χ0n) is 30.8. The van der Waals surface area contributed by atoms with Gasteiger partial charge in [-0.3, -0.25) is 4.90 Å². The highest BCUT2D eigenvalue weighted by molar-refractivity contribution is 6.06. The molecule has 0 saturated carbocycles. The molecule has 1 aliphatic rings. The second-order valence-electron chi connectivity index (χ2n) is 14.4. The quantitative estimate of drug-likeness (QED) is 0.170. The minimum Gasteiger partial charge on any atom is -0.456 e. The van der Waals surface area contributed by atoms with Gasteiger partial charge >= 0.3 is 0 Å². The van der Waals surface area contributed by atoms with Gasteiger partial charge in [-0.15, -0.1) is 0 Å². The van der Waals surface area contributed by atoms with E-state index in [9.17, 15) is 0 Å². The number of anilines is 3. The second-order valence-corrected chi connectivity index (χ2v) is 14.4. The van der Waals surface area contributed by atoms with Crippen molar-refractivity contribution in [3.05, 3.63) is 229 Å². The average molecular weight is 731 g/mol. The SMILES string of the molecule is c1ccc(-c2nc(-c3ccccc3)nc(N3c4ccccc4C(c4ccccc4)(c4cccc(-c5ccc6c(c5)oc5ccccc56)c4)c4ccccc43)n2)cc1. The van der Waals surface area contributed by atoms with Crippen molar-refractivity contribution in [1.29, 1.82) is 0 Å². The molecule has 5 nitrogen and oxygen atoms in total. The van der Waals surface area contributed by atoms with Crippen LogP contribution in [0.4, 0.5) is 17.3 Å². The van der Waals surface area contributed by atoms with Crippen LogP contribution in [0.1, 0.15) is 22.3 Å². The third-order valence-corrected chi connectivity index (χ3v) is 11.2. The highest BCUT2D eigenvalue weighted by Gasteiger charge is 2.47. The third kappa shape index (κ3) is 5.28. The summed E-state index contributed by atoms with van der Waals surface area (Å²) < 4.78 is 6.35. The summed E-state index contributed by atoms with van der Waals surface area (Å²) in [6, 6.07) is 72.3. The first kappa shape index (κ1) is 32.8. The molecule has 11 rings (SSSR count). The van der Waals surface area contributed by atoms with Crippen LogP contribution in [0.2, 0.25) is 0 Å². The summed E-state index contributed by atoms with van der Waals surface area (Å²) in [5.74, 6) is 1.78. The first-order chi connectivity index (χ1) is 28.3. The van der Waals surface area contributed by atoms with Crippen LogP contribution in [0.3, 0.4) is 0 Å². The molecule has 0 spiro atoms. The lowest BCUT2D eigenvalue weighted by atomic mass is 9.62. The van der Waals surface area contributed by atoms with E-state index in [1.165, 1.54) is 5.56 Å². The Bertz CT molecular complexity index is 2980. The average Bonchev–Trinajstić information content (AvgIpc) is 3.67. The van der Waals surface area contributed by atoms with Crippen molar-refractivity contribution in [2.24, 2.45) is 0 Å². The smallest absolute Gasteiger partial charge is 0.238 e. The molecule has 8 aromatic carbocycles. The second kappa shape index (κ2) is 13.3.